The Morgan fingerprint density at radius 1 is 1.15 bits per heavy atom. The predicted molar refractivity (Wildman–Crippen MR) is 55.1 cm³/mol. The molecule has 0 aliphatic rings. The zero-order valence-corrected chi connectivity index (χ0v) is 8.66. The van der Waals surface area contributed by atoms with E-state index in [-0.39, 0.29) is 5.41 Å². The first kappa shape index (κ1) is 9.90. The maximum Gasteiger partial charge on any atom is 0.443 e. The van der Waals surface area contributed by atoms with E-state index in [9.17, 15) is 0 Å². The van der Waals surface area contributed by atoms with Crippen LogP contribution in [0.2, 0.25) is 0 Å². The molecule has 0 spiro atoms. The smallest absolute Gasteiger partial charge is 0.239 e. The lowest BCUT2D eigenvalue weighted by molar-refractivity contribution is 0.591. The van der Waals surface area contributed by atoms with E-state index in [1.807, 2.05) is 18.2 Å². The molecule has 0 saturated heterocycles. The van der Waals surface area contributed by atoms with Crippen LogP contribution in [0.5, 0.6) is 0 Å². The Hall–Kier alpha value is -1.18. The third-order valence-corrected chi connectivity index (χ3v) is 1.94. The molecule has 0 amide bonds. The molecule has 1 aromatic rings. The molecule has 2 nitrogen and oxygen atoms in total. The maximum atomic E-state index is 5.03. The minimum atomic E-state index is 0.158. The van der Waals surface area contributed by atoms with E-state index in [0.717, 1.165) is 0 Å². The summed E-state index contributed by atoms with van der Waals surface area (Å²) in [6, 6.07) is 5.95. The molecule has 0 N–H and O–H groups in total. The average Bonchev–Trinajstić information content (AvgIpc) is 2.26. The third-order valence-electron chi connectivity index (χ3n) is 1.94. The highest BCUT2D eigenvalue weighted by Gasteiger charge is 2.12. The number of hydrogen-bond acceptors (Lipinski definition) is 1. The van der Waals surface area contributed by atoms with Crippen LogP contribution in [0.1, 0.15) is 26.3 Å². The molecule has 0 unspecified atom stereocenters. The molecular formula is C11H16NO+. The van der Waals surface area contributed by atoms with Crippen LogP contribution in [0, 0.1) is 0 Å². The Bertz CT molecular complexity index is 350. The fraction of sp³-hybridized carbons (Fsp3) is 0.455. The molecule has 13 heavy (non-hydrogen) atoms. The van der Waals surface area contributed by atoms with E-state index in [0.29, 0.717) is 5.56 Å². The molecule has 0 aliphatic carbocycles. The van der Waals surface area contributed by atoms with Crippen molar-refractivity contribution in [1.82, 2.24) is 4.98 Å². The van der Waals surface area contributed by atoms with Gasteiger partial charge in [0.1, 0.15) is 0 Å². The standard InChI is InChI=1S/C11H16NO/c1-11(2,3)9-5-6-10(13-4)12-8-7-9/h5-8H,1-4H3/q+1. The lowest BCUT2D eigenvalue weighted by Crippen LogP contribution is -2.09. The summed E-state index contributed by atoms with van der Waals surface area (Å²) >= 11 is 0. The summed E-state index contributed by atoms with van der Waals surface area (Å²) in [4.78, 5) is 4.11. The van der Waals surface area contributed by atoms with Crippen LogP contribution < -0.4 is 5.56 Å². The van der Waals surface area contributed by atoms with Gasteiger partial charge in [-0.1, -0.05) is 20.8 Å². The Labute approximate surface area is 79.0 Å². The van der Waals surface area contributed by atoms with Crippen molar-refractivity contribution in [1.29, 1.82) is 0 Å². The lowest BCUT2D eigenvalue weighted by Gasteiger charge is -2.16. The van der Waals surface area contributed by atoms with Gasteiger partial charge in [-0.15, -0.1) is 0 Å². The first-order valence-corrected chi connectivity index (χ1v) is 4.38. The summed E-state index contributed by atoms with van der Waals surface area (Å²) < 4.78 is 5.03. The van der Waals surface area contributed by atoms with E-state index in [2.05, 4.69) is 25.8 Å². The van der Waals surface area contributed by atoms with Gasteiger partial charge in [0.25, 0.3) is 7.11 Å². The van der Waals surface area contributed by atoms with Crippen LogP contribution in [0.25, 0.3) is 0 Å². The first-order chi connectivity index (χ1) is 6.04. The van der Waals surface area contributed by atoms with Crippen molar-refractivity contribution >= 4 is 0 Å². The summed E-state index contributed by atoms with van der Waals surface area (Å²) in [6.07, 6.45) is 1.78. The Morgan fingerprint density at radius 2 is 1.85 bits per heavy atom. The van der Waals surface area contributed by atoms with Crippen LogP contribution in [-0.4, -0.2) is 12.1 Å². The first-order valence-electron chi connectivity index (χ1n) is 4.38. The van der Waals surface area contributed by atoms with E-state index < -0.39 is 0 Å². The van der Waals surface area contributed by atoms with Gasteiger partial charge in [-0.3, -0.25) is 0 Å². The lowest BCUT2D eigenvalue weighted by atomic mass is 9.88. The fourth-order valence-electron chi connectivity index (χ4n) is 1.07. The Balaban J connectivity index is 3.25. The second-order valence-corrected chi connectivity index (χ2v) is 4.03. The van der Waals surface area contributed by atoms with Gasteiger partial charge in [0, 0.05) is 6.20 Å². The SMILES string of the molecule is C[O+]=c1ccc(C(C)(C)C)ccn1. The van der Waals surface area contributed by atoms with Gasteiger partial charge in [0.05, 0.1) is 6.07 Å². The highest BCUT2D eigenvalue weighted by Crippen LogP contribution is 2.19. The average molecular weight is 178 g/mol. The maximum absolute atomic E-state index is 5.03. The number of hydrogen-bond donors (Lipinski definition) is 0. The second kappa shape index (κ2) is 3.69. The zero-order valence-electron chi connectivity index (χ0n) is 8.66. The molecule has 1 aromatic heterocycles. The van der Waals surface area contributed by atoms with Crippen molar-refractivity contribution in [2.75, 3.05) is 7.11 Å². The Morgan fingerprint density at radius 3 is 2.38 bits per heavy atom. The topological polar surface area (TPSA) is 24.2 Å². The van der Waals surface area contributed by atoms with Gasteiger partial charge < -0.3 is 0 Å². The summed E-state index contributed by atoms with van der Waals surface area (Å²) in [6.45, 7) is 6.53. The quantitative estimate of drug-likeness (QED) is 0.557. The molecule has 0 bridgehead atoms. The molecule has 0 aromatic carbocycles. The van der Waals surface area contributed by atoms with Crippen LogP contribution in [0.15, 0.2) is 28.8 Å². The Kier molecular flexibility index (Phi) is 2.81. The van der Waals surface area contributed by atoms with E-state index in [1.165, 1.54) is 5.56 Å². The number of rotatable bonds is 0. The van der Waals surface area contributed by atoms with E-state index in [4.69, 9.17) is 4.42 Å². The summed E-state index contributed by atoms with van der Waals surface area (Å²) in [5.41, 5.74) is 2.06. The molecular weight excluding hydrogens is 162 g/mol. The van der Waals surface area contributed by atoms with Crippen molar-refractivity contribution in [3.63, 3.8) is 0 Å². The zero-order chi connectivity index (χ0) is 9.90. The number of aromatic nitrogens is 1. The molecule has 2 heteroatoms. The molecule has 0 atom stereocenters. The van der Waals surface area contributed by atoms with Crippen LogP contribution in [0.3, 0.4) is 0 Å². The molecule has 0 saturated carbocycles. The third kappa shape index (κ3) is 2.65. The molecule has 0 aliphatic heterocycles. The molecule has 0 radical (unpaired) electrons. The molecule has 1 heterocycles. The molecule has 0 fully saturated rings. The van der Waals surface area contributed by atoms with Crippen molar-refractivity contribution in [3.8, 4) is 0 Å². The summed E-state index contributed by atoms with van der Waals surface area (Å²) in [5, 5.41) is 0. The van der Waals surface area contributed by atoms with Gasteiger partial charge in [0.15, 0.2) is 0 Å². The predicted octanol–water partition coefficient (Wildman–Crippen LogP) is 1.90. The minimum absolute atomic E-state index is 0.158. The van der Waals surface area contributed by atoms with Gasteiger partial charge in [0.2, 0.25) is 0 Å². The monoisotopic (exact) mass is 178 g/mol. The van der Waals surface area contributed by atoms with Gasteiger partial charge in [-0.2, -0.15) is 4.98 Å². The van der Waals surface area contributed by atoms with Crippen LogP contribution in [0.4, 0.5) is 0 Å². The largest absolute Gasteiger partial charge is 0.443 e. The van der Waals surface area contributed by atoms with Crippen LogP contribution >= 0.6 is 0 Å². The van der Waals surface area contributed by atoms with Crippen molar-refractivity contribution in [2.24, 2.45) is 0 Å². The minimum Gasteiger partial charge on any atom is -0.239 e. The summed E-state index contributed by atoms with van der Waals surface area (Å²) in [5.74, 6) is 0. The fourth-order valence-corrected chi connectivity index (χ4v) is 1.07. The summed E-state index contributed by atoms with van der Waals surface area (Å²) in [7, 11) is 1.62. The van der Waals surface area contributed by atoms with Gasteiger partial charge >= 0.3 is 5.56 Å². The van der Waals surface area contributed by atoms with Gasteiger partial charge in [-0.05, 0) is 23.1 Å². The van der Waals surface area contributed by atoms with Crippen LogP contribution in [-0.2, 0) is 5.41 Å². The highest BCUT2D eigenvalue weighted by atomic mass is 16.4. The molecule has 70 valence electrons. The number of nitrogens with zero attached hydrogens (tertiary/aromatic N) is 1. The van der Waals surface area contributed by atoms with Crippen molar-refractivity contribution < 1.29 is 0 Å². The van der Waals surface area contributed by atoms with Gasteiger partial charge in [-0.25, -0.2) is 4.42 Å². The van der Waals surface area contributed by atoms with Crippen molar-refractivity contribution in [3.05, 3.63) is 39.9 Å². The second-order valence-electron chi connectivity index (χ2n) is 4.03. The van der Waals surface area contributed by atoms with E-state index >= 15 is 0 Å². The normalized spacial score (nSPS) is 13.1. The van der Waals surface area contributed by atoms with E-state index in [1.54, 1.807) is 13.3 Å². The molecule has 1 rings (SSSR count). The van der Waals surface area contributed by atoms with Crippen molar-refractivity contribution in [2.45, 2.75) is 26.2 Å². The highest BCUT2D eigenvalue weighted by molar-refractivity contribution is 5.19.